The smallest absolute Gasteiger partial charge is 0.283 e. The van der Waals surface area contributed by atoms with Crippen LogP contribution in [0, 0.1) is 10.1 Å². The zero-order valence-corrected chi connectivity index (χ0v) is 12.3. The van der Waals surface area contributed by atoms with E-state index in [1.54, 1.807) is 18.2 Å². The van der Waals surface area contributed by atoms with E-state index in [1.807, 2.05) is 18.2 Å². The molecule has 0 fully saturated rings. The van der Waals surface area contributed by atoms with Crippen LogP contribution in [0.4, 0.5) is 5.69 Å². The third-order valence-corrected chi connectivity index (χ3v) is 4.33. The molecule has 2 rings (SSSR count). The van der Waals surface area contributed by atoms with E-state index in [0.29, 0.717) is 11.4 Å². The fourth-order valence-corrected chi connectivity index (χ4v) is 3.23. The van der Waals surface area contributed by atoms with Crippen LogP contribution in [0.3, 0.4) is 0 Å². The molecule has 0 aliphatic heterocycles. The maximum Gasteiger partial charge on any atom is 0.283 e. The molecule has 4 nitrogen and oxygen atoms in total. The molecule has 0 radical (unpaired) electrons. The number of hydrogen-bond acceptors (Lipinski definition) is 4. The zero-order chi connectivity index (χ0) is 13.8. The van der Waals surface area contributed by atoms with Gasteiger partial charge in [-0.05, 0) is 23.8 Å². The van der Waals surface area contributed by atoms with Crippen molar-refractivity contribution in [2.75, 3.05) is 0 Å². The Morgan fingerprint density at radius 2 is 2.00 bits per heavy atom. The van der Waals surface area contributed by atoms with Crippen molar-refractivity contribution >= 4 is 33.4 Å². The second-order valence-corrected chi connectivity index (χ2v) is 5.75. The lowest BCUT2D eigenvalue weighted by molar-refractivity contribution is -0.387. The van der Waals surface area contributed by atoms with E-state index in [2.05, 4.69) is 15.9 Å². The van der Waals surface area contributed by atoms with Crippen molar-refractivity contribution in [3.05, 3.63) is 62.6 Å². The van der Waals surface area contributed by atoms with Gasteiger partial charge in [0.1, 0.15) is 0 Å². The summed E-state index contributed by atoms with van der Waals surface area (Å²) in [5, 5.41) is 10.9. The summed E-state index contributed by atoms with van der Waals surface area (Å²) in [6, 6.07) is 12.5. The van der Waals surface area contributed by atoms with Crippen LogP contribution in [0.15, 0.2) is 56.7 Å². The monoisotopic (exact) mass is 338 g/mol. The highest BCUT2D eigenvalue weighted by Crippen LogP contribution is 2.36. The van der Waals surface area contributed by atoms with Crippen molar-refractivity contribution in [3.63, 3.8) is 0 Å². The van der Waals surface area contributed by atoms with Crippen LogP contribution < -0.4 is 5.73 Å². The minimum Gasteiger partial charge on any atom is -0.326 e. The summed E-state index contributed by atoms with van der Waals surface area (Å²) in [7, 11) is 0. The molecule has 98 valence electrons. The van der Waals surface area contributed by atoms with Crippen molar-refractivity contribution in [2.45, 2.75) is 16.3 Å². The third kappa shape index (κ3) is 3.34. The molecule has 0 atom stereocenters. The number of nitrogens with zero attached hydrogens (tertiary/aromatic N) is 1. The Kier molecular flexibility index (Phi) is 4.57. The molecule has 2 aromatic rings. The Morgan fingerprint density at radius 1 is 1.26 bits per heavy atom. The van der Waals surface area contributed by atoms with Crippen LogP contribution in [-0.4, -0.2) is 4.92 Å². The molecule has 2 N–H and O–H groups in total. The van der Waals surface area contributed by atoms with Crippen molar-refractivity contribution in [3.8, 4) is 0 Å². The van der Waals surface area contributed by atoms with Gasteiger partial charge in [0.25, 0.3) is 5.69 Å². The molecule has 0 unspecified atom stereocenters. The lowest BCUT2D eigenvalue weighted by atomic mass is 10.2. The predicted molar refractivity (Wildman–Crippen MR) is 79.3 cm³/mol. The number of benzene rings is 2. The van der Waals surface area contributed by atoms with Gasteiger partial charge < -0.3 is 5.73 Å². The van der Waals surface area contributed by atoms with Crippen LogP contribution in [0.1, 0.15) is 5.56 Å². The Morgan fingerprint density at radius 3 is 2.63 bits per heavy atom. The van der Waals surface area contributed by atoms with Gasteiger partial charge in [0.15, 0.2) is 0 Å². The number of rotatable bonds is 4. The van der Waals surface area contributed by atoms with E-state index < -0.39 is 0 Å². The topological polar surface area (TPSA) is 69.2 Å². The summed E-state index contributed by atoms with van der Waals surface area (Å²) in [5.74, 6) is 0. The summed E-state index contributed by atoms with van der Waals surface area (Å²) >= 11 is 4.80. The Hall–Kier alpha value is -1.37. The Balaban J connectivity index is 2.31. The van der Waals surface area contributed by atoms with Crippen molar-refractivity contribution in [1.82, 2.24) is 0 Å². The van der Waals surface area contributed by atoms with Gasteiger partial charge in [-0.15, -0.1) is 0 Å². The molecule has 0 aliphatic rings. The summed E-state index contributed by atoms with van der Waals surface area (Å²) < 4.78 is 0.915. The number of para-hydroxylation sites is 1. The molecule has 6 heteroatoms. The number of halogens is 1. The second-order valence-electron chi connectivity index (χ2n) is 3.78. The first-order valence-electron chi connectivity index (χ1n) is 5.51. The van der Waals surface area contributed by atoms with E-state index in [9.17, 15) is 10.1 Å². The standard InChI is InChI=1S/C13H11BrN2O2S/c14-11-7-10(6-5-9(11)8-15)19-13-4-2-1-3-12(13)16(17)18/h1-7H,8,15H2. The SMILES string of the molecule is NCc1ccc(Sc2ccccc2[N+](=O)[O-])cc1Br. The first-order chi connectivity index (χ1) is 9.11. The highest BCUT2D eigenvalue weighted by atomic mass is 79.9. The maximum atomic E-state index is 10.9. The first-order valence-corrected chi connectivity index (χ1v) is 7.12. The number of nitro groups is 1. The van der Waals surface area contributed by atoms with Crippen LogP contribution in [0.25, 0.3) is 0 Å². The minimum atomic E-state index is -0.369. The average Bonchev–Trinajstić information content (AvgIpc) is 2.39. The normalized spacial score (nSPS) is 10.4. The summed E-state index contributed by atoms with van der Waals surface area (Å²) in [5.41, 5.74) is 6.71. The van der Waals surface area contributed by atoms with E-state index in [1.165, 1.54) is 17.8 Å². The van der Waals surface area contributed by atoms with Crippen LogP contribution >= 0.6 is 27.7 Å². The van der Waals surface area contributed by atoms with Gasteiger partial charge in [-0.25, -0.2) is 0 Å². The highest BCUT2D eigenvalue weighted by molar-refractivity contribution is 9.10. The maximum absolute atomic E-state index is 10.9. The Bertz CT molecular complexity index is 619. The fraction of sp³-hybridized carbons (Fsp3) is 0.0769. The van der Waals surface area contributed by atoms with E-state index in [4.69, 9.17) is 5.73 Å². The lowest BCUT2D eigenvalue weighted by Crippen LogP contribution is -1.97. The number of nitrogens with two attached hydrogens (primary N) is 1. The molecule has 0 amide bonds. The Labute approximate surface area is 123 Å². The molecule has 2 aromatic carbocycles. The molecule has 0 saturated carbocycles. The summed E-state index contributed by atoms with van der Waals surface area (Å²) in [4.78, 5) is 12.1. The van der Waals surface area contributed by atoms with Crippen LogP contribution in [0.2, 0.25) is 0 Å². The van der Waals surface area contributed by atoms with Gasteiger partial charge in [0.05, 0.1) is 9.82 Å². The minimum absolute atomic E-state index is 0.117. The molecule has 0 aliphatic carbocycles. The quantitative estimate of drug-likeness (QED) is 0.676. The third-order valence-electron chi connectivity index (χ3n) is 2.53. The van der Waals surface area contributed by atoms with Gasteiger partial charge in [-0.2, -0.15) is 0 Å². The average molecular weight is 339 g/mol. The lowest BCUT2D eigenvalue weighted by Gasteiger charge is -2.06. The molecule has 0 saturated heterocycles. The van der Waals surface area contributed by atoms with Gasteiger partial charge in [0.2, 0.25) is 0 Å². The molecule has 0 heterocycles. The number of hydrogen-bond donors (Lipinski definition) is 1. The molecule has 0 spiro atoms. The molecule has 0 bridgehead atoms. The van der Waals surface area contributed by atoms with Gasteiger partial charge in [-0.3, -0.25) is 10.1 Å². The summed E-state index contributed by atoms with van der Waals surface area (Å²) in [6.07, 6.45) is 0. The van der Waals surface area contributed by atoms with Crippen molar-refractivity contribution in [1.29, 1.82) is 0 Å². The van der Waals surface area contributed by atoms with Crippen LogP contribution in [-0.2, 0) is 6.54 Å². The van der Waals surface area contributed by atoms with Gasteiger partial charge in [-0.1, -0.05) is 45.9 Å². The fourth-order valence-electron chi connectivity index (χ4n) is 1.58. The van der Waals surface area contributed by atoms with Crippen molar-refractivity contribution < 1.29 is 4.92 Å². The highest BCUT2D eigenvalue weighted by Gasteiger charge is 2.13. The second kappa shape index (κ2) is 6.18. The molecular weight excluding hydrogens is 328 g/mol. The van der Waals surface area contributed by atoms with Crippen molar-refractivity contribution in [2.24, 2.45) is 5.73 Å². The predicted octanol–water partition coefficient (Wildman–Crippen LogP) is 3.97. The molecule has 19 heavy (non-hydrogen) atoms. The molecule has 0 aromatic heterocycles. The summed E-state index contributed by atoms with van der Waals surface area (Å²) in [6.45, 7) is 0.455. The van der Waals surface area contributed by atoms with Gasteiger partial charge in [0, 0.05) is 22.0 Å². The first kappa shape index (κ1) is 14.0. The number of nitro benzene ring substituents is 1. The van der Waals surface area contributed by atoms with E-state index in [0.717, 1.165) is 14.9 Å². The molecular formula is C13H11BrN2O2S. The zero-order valence-electron chi connectivity index (χ0n) is 9.88. The van der Waals surface area contributed by atoms with Gasteiger partial charge >= 0.3 is 0 Å². The largest absolute Gasteiger partial charge is 0.326 e. The van der Waals surface area contributed by atoms with E-state index in [-0.39, 0.29) is 10.6 Å². The van der Waals surface area contributed by atoms with Crippen LogP contribution in [0.5, 0.6) is 0 Å². The van der Waals surface area contributed by atoms with E-state index >= 15 is 0 Å².